The molecule has 2 heterocycles. The van der Waals surface area contributed by atoms with Crippen LogP contribution in [0.5, 0.6) is 0 Å². The zero-order chi connectivity index (χ0) is 25.5. The number of benzene rings is 1. The van der Waals surface area contributed by atoms with Crippen LogP contribution < -0.4 is 11.1 Å². The van der Waals surface area contributed by atoms with Gasteiger partial charge in [0.05, 0.1) is 11.3 Å². The number of carbonyl (C=O) groups is 4. The topological polar surface area (TPSA) is 135 Å². The zero-order valence-electron chi connectivity index (χ0n) is 20.0. The van der Waals surface area contributed by atoms with E-state index in [1.54, 1.807) is 28.9 Å². The summed E-state index contributed by atoms with van der Waals surface area (Å²) in [6.45, 7) is 6.52. The molecule has 3 rings (SSSR count). The van der Waals surface area contributed by atoms with E-state index in [4.69, 9.17) is 10.5 Å². The molecule has 1 aliphatic rings. The molecule has 10 nitrogen and oxygen atoms in total. The van der Waals surface area contributed by atoms with Crippen molar-refractivity contribution in [1.82, 2.24) is 14.8 Å². The third-order valence-corrected chi connectivity index (χ3v) is 6.79. The van der Waals surface area contributed by atoms with Gasteiger partial charge in [-0.05, 0) is 44.0 Å². The molecule has 35 heavy (non-hydrogen) atoms. The lowest BCUT2D eigenvalue weighted by atomic mass is 10.0. The third kappa shape index (κ3) is 6.72. The fourth-order valence-electron chi connectivity index (χ4n) is 3.59. The molecule has 2 aromatic rings. The molecule has 3 N–H and O–H groups in total. The number of nitrogens with one attached hydrogen (secondary N) is 1. The number of aryl methyl sites for hydroxylation is 1. The Bertz CT molecular complexity index is 1120. The number of primary amides is 1. The number of aromatic nitrogens is 1. The lowest BCUT2D eigenvalue weighted by Gasteiger charge is -2.34. The maximum Gasteiger partial charge on any atom is 0.321 e. The van der Waals surface area contributed by atoms with Gasteiger partial charge in [0.2, 0.25) is 0 Å². The lowest BCUT2D eigenvalue weighted by Crippen LogP contribution is -2.52. The number of nitrogens with zero attached hydrogens (tertiary/aromatic N) is 3. The van der Waals surface area contributed by atoms with Crippen LogP contribution in [0.4, 0.5) is 10.5 Å². The summed E-state index contributed by atoms with van der Waals surface area (Å²) < 4.78 is 5.13. The smallest absolute Gasteiger partial charge is 0.321 e. The second-order valence-electron chi connectivity index (χ2n) is 8.10. The molecule has 0 saturated carbocycles. The number of piperazine rings is 1. The van der Waals surface area contributed by atoms with E-state index >= 15 is 0 Å². The number of ether oxygens (including phenoxy) is 1. The summed E-state index contributed by atoms with van der Waals surface area (Å²) in [4.78, 5) is 56.5. The van der Waals surface area contributed by atoms with Gasteiger partial charge < -0.3 is 25.6 Å². The SMILES string of the molecule is Cc1nc(SCC(=O)OCC(=O)N2CCN(C(=O)Nc3ccccc3)CC2)c(C(N)=O)c(C)c1C. The number of pyridine rings is 1. The normalized spacial score (nSPS) is 13.3. The minimum Gasteiger partial charge on any atom is -0.455 e. The monoisotopic (exact) mass is 499 g/mol. The summed E-state index contributed by atoms with van der Waals surface area (Å²) in [5, 5.41) is 3.19. The van der Waals surface area contributed by atoms with Gasteiger partial charge in [-0.2, -0.15) is 0 Å². The molecule has 1 aliphatic heterocycles. The predicted molar refractivity (Wildman–Crippen MR) is 132 cm³/mol. The molecule has 1 fully saturated rings. The van der Waals surface area contributed by atoms with Crippen molar-refractivity contribution in [2.24, 2.45) is 5.73 Å². The highest BCUT2D eigenvalue weighted by molar-refractivity contribution is 8.00. The van der Waals surface area contributed by atoms with Gasteiger partial charge in [-0.1, -0.05) is 30.0 Å². The molecule has 0 atom stereocenters. The van der Waals surface area contributed by atoms with Crippen LogP contribution in [0, 0.1) is 20.8 Å². The standard InChI is InChI=1S/C24H29N5O5S/c1-15-16(2)21(22(25)32)23(26-17(15)3)35-14-20(31)34-13-19(30)28-9-11-29(12-10-28)24(33)27-18-7-5-4-6-8-18/h4-8H,9-14H2,1-3H3,(H2,25,32)(H,27,33). The van der Waals surface area contributed by atoms with Crippen LogP contribution in [0.2, 0.25) is 0 Å². The Balaban J connectivity index is 1.44. The highest BCUT2D eigenvalue weighted by Crippen LogP contribution is 2.26. The van der Waals surface area contributed by atoms with Gasteiger partial charge in [0, 0.05) is 37.6 Å². The molecule has 0 bridgehead atoms. The predicted octanol–water partition coefficient (Wildman–Crippen LogP) is 2.12. The van der Waals surface area contributed by atoms with Gasteiger partial charge in [0.15, 0.2) is 6.61 Å². The lowest BCUT2D eigenvalue weighted by molar-refractivity contribution is -0.150. The highest BCUT2D eigenvalue weighted by atomic mass is 32.2. The molecule has 0 spiro atoms. The molecule has 1 aromatic heterocycles. The van der Waals surface area contributed by atoms with Crippen LogP contribution in [-0.4, -0.2) is 77.1 Å². The molecule has 11 heteroatoms. The Hall–Kier alpha value is -3.60. The summed E-state index contributed by atoms with van der Waals surface area (Å²) >= 11 is 1.05. The van der Waals surface area contributed by atoms with Crippen molar-refractivity contribution in [3.05, 3.63) is 52.7 Å². The van der Waals surface area contributed by atoms with E-state index in [9.17, 15) is 19.2 Å². The molecular formula is C24H29N5O5S. The molecule has 0 unspecified atom stereocenters. The summed E-state index contributed by atoms with van der Waals surface area (Å²) in [5.41, 5.74) is 8.84. The van der Waals surface area contributed by atoms with Gasteiger partial charge in [-0.15, -0.1) is 0 Å². The molecule has 0 radical (unpaired) electrons. The fourth-order valence-corrected chi connectivity index (χ4v) is 4.53. The maximum atomic E-state index is 12.5. The average Bonchev–Trinajstić information content (AvgIpc) is 2.85. The summed E-state index contributed by atoms with van der Waals surface area (Å²) in [7, 11) is 0. The Kier molecular flexibility index (Phi) is 8.69. The number of anilines is 1. The van der Waals surface area contributed by atoms with E-state index < -0.39 is 18.5 Å². The van der Waals surface area contributed by atoms with Crippen molar-refractivity contribution in [1.29, 1.82) is 0 Å². The van der Waals surface area contributed by atoms with E-state index in [-0.39, 0.29) is 23.3 Å². The molecule has 1 aromatic carbocycles. The second-order valence-corrected chi connectivity index (χ2v) is 9.07. The summed E-state index contributed by atoms with van der Waals surface area (Å²) in [6, 6.07) is 8.92. The van der Waals surface area contributed by atoms with Crippen molar-refractivity contribution in [3.63, 3.8) is 0 Å². The van der Waals surface area contributed by atoms with Gasteiger partial charge in [-0.25, -0.2) is 9.78 Å². The quantitative estimate of drug-likeness (QED) is 0.440. The van der Waals surface area contributed by atoms with E-state index in [2.05, 4.69) is 10.3 Å². The number of rotatable bonds is 7. The summed E-state index contributed by atoms with van der Waals surface area (Å²) in [6.07, 6.45) is 0. The average molecular weight is 500 g/mol. The van der Waals surface area contributed by atoms with E-state index in [0.717, 1.165) is 28.6 Å². The van der Waals surface area contributed by atoms with Gasteiger partial charge in [0.25, 0.3) is 11.8 Å². The van der Waals surface area contributed by atoms with E-state index in [0.29, 0.717) is 36.9 Å². The molecule has 0 aliphatic carbocycles. The van der Waals surface area contributed by atoms with Crippen molar-refractivity contribution in [2.45, 2.75) is 25.8 Å². The number of esters is 1. The number of para-hydroxylation sites is 1. The van der Waals surface area contributed by atoms with Gasteiger partial charge >= 0.3 is 12.0 Å². The molecule has 4 amide bonds. The van der Waals surface area contributed by atoms with Crippen LogP contribution in [-0.2, 0) is 14.3 Å². The Morgan fingerprint density at radius 3 is 2.26 bits per heavy atom. The third-order valence-electron chi connectivity index (χ3n) is 5.84. The number of thioether (sulfide) groups is 1. The van der Waals surface area contributed by atoms with Crippen molar-refractivity contribution in [2.75, 3.05) is 43.9 Å². The molecule has 1 saturated heterocycles. The molecule has 186 valence electrons. The summed E-state index contributed by atoms with van der Waals surface area (Å²) in [5.74, 6) is -1.65. The first-order valence-corrected chi connectivity index (χ1v) is 12.1. The van der Waals surface area contributed by atoms with Gasteiger partial charge in [0.1, 0.15) is 5.03 Å². The minimum absolute atomic E-state index is 0.115. The highest BCUT2D eigenvalue weighted by Gasteiger charge is 2.25. The van der Waals surface area contributed by atoms with E-state index in [1.165, 1.54) is 0 Å². The van der Waals surface area contributed by atoms with Crippen LogP contribution in [0.3, 0.4) is 0 Å². The number of hydrogen-bond donors (Lipinski definition) is 2. The van der Waals surface area contributed by atoms with Crippen molar-refractivity contribution in [3.8, 4) is 0 Å². The van der Waals surface area contributed by atoms with Crippen LogP contribution in [0.1, 0.15) is 27.2 Å². The number of hydrogen-bond acceptors (Lipinski definition) is 7. The van der Waals surface area contributed by atoms with Crippen LogP contribution in [0.25, 0.3) is 0 Å². The Labute approximate surface area is 208 Å². The maximum absolute atomic E-state index is 12.5. The van der Waals surface area contributed by atoms with Crippen LogP contribution in [0.15, 0.2) is 35.4 Å². The van der Waals surface area contributed by atoms with Crippen molar-refractivity contribution < 1.29 is 23.9 Å². The first-order valence-electron chi connectivity index (χ1n) is 11.1. The Morgan fingerprint density at radius 1 is 1.00 bits per heavy atom. The zero-order valence-corrected chi connectivity index (χ0v) is 20.8. The number of amides is 4. The fraction of sp³-hybridized carbons (Fsp3) is 0.375. The van der Waals surface area contributed by atoms with Crippen molar-refractivity contribution >= 4 is 41.3 Å². The minimum atomic E-state index is -0.610. The van der Waals surface area contributed by atoms with Gasteiger partial charge in [-0.3, -0.25) is 14.4 Å². The number of carbonyl (C=O) groups excluding carboxylic acids is 4. The molecular weight excluding hydrogens is 470 g/mol. The Morgan fingerprint density at radius 2 is 1.63 bits per heavy atom. The first kappa shape index (κ1) is 26.0. The van der Waals surface area contributed by atoms with Crippen LogP contribution >= 0.6 is 11.8 Å². The largest absolute Gasteiger partial charge is 0.455 e. The first-order chi connectivity index (χ1) is 16.7. The number of nitrogens with two attached hydrogens (primary N) is 1. The van der Waals surface area contributed by atoms with E-state index in [1.807, 2.05) is 32.0 Å². The number of urea groups is 1. The second kappa shape index (κ2) is 11.7.